The Kier molecular flexibility index (Phi) is 5.00. The van der Waals surface area contributed by atoms with E-state index in [1.165, 1.54) is 11.1 Å². The number of para-hydroxylation sites is 2. The van der Waals surface area contributed by atoms with Crippen molar-refractivity contribution in [1.82, 2.24) is 14.5 Å². The van der Waals surface area contributed by atoms with Crippen molar-refractivity contribution < 1.29 is 4.74 Å². The molecule has 0 amide bonds. The molecule has 3 aromatic rings. The summed E-state index contributed by atoms with van der Waals surface area (Å²) in [5, 5.41) is 0. The Bertz CT molecular complexity index is 913. The van der Waals surface area contributed by atoms with Crippen molar-refractivity contribution in [2.75, 3.05) is 20.2 Å². The van der Waals surface area contributed by atoms with Gasteiger partial charge in [0.2, 0.25) is 0 Å². The second-order valence-corrected chi connectivity index (χ2v) is 7.84. The number of ether oxygens (including phenoxy) is 1. The third-order valence-corrected chi connectivity index (χ3v) is 6.13. The van der Waals surface area contributed by atoms with Crippen LogP contribution in [0.1, 0.15) is 30.1 Å². The van der Waals surface area contributed by atoms with Crippen LogP contribution in [0.3, 0.4) is 0 Å². The number of fused-ring (bicyclic) bond motifs is 1. The van der Waals surface area contributed by atoms with Crippen LogP contribution in [0.15, 0.2) is 46.9 Å². The second kappa shape index (κ2) is 7.41. The van der Waals surface area contributed by atoms with Gasteiger partial charge in [0.1, 0.15) is 17.1 Å². The lowest BCUT2D eigenvalue weighted by molar-refractivity contribution is 0.197. The number of imidazole rings is 1. The molecule has 0 unspecified atom stereocenters. The molecule has 4 nitrogen and oxygen atoms in total. The highest BCUT2D eigenvalue weighted by molar-refractivity contribution is 9.10. The van der Waals surface area contributed by atoms with Gasteiger partial charge in [-0.05, 0) is 71.5 Å². The van der Waals surface area contributed by atoms with Crippen molar-refractivity contribution >= 4 is 27.0 Å². The van der Waals surface area contributed by atoms with Crippen molar-refractivity contribution in [2.24, 2.45) is 7.05 Å². The van der Waals surface area contributed by atoms with Gasteiger partial charge in [-0.25, -0.2) is 4.98 Å². The summed E-state index contributed by atoms with van der Waals surface area (Å²) < 4.78 is 8.83. The van der Waals surface area contributed by atoms with E-state index in [0.29, 0.717) is 5.92 Å². The number of hydrogen-bond donors (Lipinski definition) is 0. The normalized spacial score (nSPS) is 16.3. The molecule has 0 radical (unpaired) electrons. The zero-order chi connectivity index (χ0) is 18.1. The highest BCUT2D eigenvalue weighted by Crippen LogP contribution is 2.34. The number of halogens is 1. The summed E-state index contributed by atoms with van der Waals surface area (Å²) >= 11 is 3.62. The van der Waals surface area contributed by atoms with Crippen molar-refractivity contribution in [3.8, 4) is 5.75 Å². The molecular formula is C21H24BrN3O. The molecule has 5 heteroatoms. The molecule has 26 heavy (non-hydrogen) atoms. The van der Waals surface area contributed by atoms with Crippen LogP contribution in [0.5, 0.6) is 5.75 Å². The Labute approximate surface area is 162 Å². The van der Waals surface area contributed by atoms with Gasteiger partial charge in [-0.15, -0.1) is 0 Å². The summed E-state index contributed by atoms with van der Waals surface area (Å²) in [5.74, 6) is 2.73. The lowest BCUT2D eigenvalue weighted by Gasteiger charge is -2.32. The smallest absolute Gasteiger partial charge is 0.123 e. The summed E-state index contributed by atoms with van der Waals surface area (Å²) in [7, 11) is 3.87. The summed E-state index contributed by atoms with van der Waals surface area (Å²) in [4.78, 5) is 7.38. The molecule has 0 saturated carbocycles. The van der Waals surface area contributed by atoms with Crippen molar-refractivity contribution in [3.05, 3.63) is 58.3 Å². The molecule has 1 aliphatic heterocycles. The maximum absolute atomic E-state index is 5.55. The molecule has 4 rings (SSSR count). The standard InChI is InChI=1S/C21H24BrN3O/c1-24-18-8-5-7-17(22)21(18)23-20(24)14-25-12-10-15(11-13-25)16-6-3-4-9-19(16)26-2/h3-9,15H,10-14H2,1-2H3. The number of rotatable bonds is 4. The molecule has 1 aromatic heterocycles. The van der Waals surface area contributed by atoms with E-state index in [1.54, 1.807) is 7.11 Å². The van der Waals surface area contributed by atoms with E-state index in [9.17, 15) is 0 Å². The number of nitrogens with zero attached hydrogens (tertiary/aromatic N) is 3. The number of aromatic nitrogens is 2. The Balaban J connectivity index is 1.46. The van der Waals surface area contributed by atoms with Gasteiger partial charge in [0.05, 0.1) is 19.2 Å². The Morgan fingerprint density at radius 1 is 1.12 bits per heavy atom. The monoisotopic (exact) mass is 413 g/mol. The molecule has 0 bridgehead atoms. The van der Waals surface area contributed by atoms with Gasteiger partial charge in [0.25, 0.3) is 0 Å². The first-order valence-corrected chi connectivity index (χ1v) is 9.91. The zero-order valence-electron chi connectivity index (χ0n) is 15.3. The molecule has 0 N–H and O–H groups in total. The van der Waals surface area contributed by atoms with Crippen LogP contribution in [0.4, 0.5) is 0 Å². The van der Waals surface area contributed by atoms with Gasteiger partial charge in [-0.3, -0.25) is 4.90 Å². The lowest BCUT2D eigenvalue weighted by atomic mass is 9.89. The van der Waals surface area contributed by atoms with Gasteiger partial charge >= 0.3 is 0 Å². The topological polar surface area (TPSA) is 30.3 Å². The van der Waals surface area contributed by atoms with Crippen LogP contribution < -0.4 is 4.74 Å². The van der Waals surface area contributed by atoms with E-state index in [1.807, 2.05) is 6.07 Å². The highest BCUT2D eigenvalue weighted by atomic mass is 79.9. The minimum atomic E-state index is 0.581. The zero-order valence-corrected chi connectivity index (χ0v) is 16.9. The first-order valence-electron chi connectivity index (χ1n) is 9.12. The molecule has 1 saturated heterocycles. The minimum Gasteiger partial charge on any atom is -0.496 e. The molecule has 0 atom stereocenters. The largest absolute Gasteiger partial charge is 0.496 e. The molecule has 1 fully saturated rings. The molecule has 0 aliphatic carbocycles. The van der Waals surface area contributed by atoms with E-state index in [2.05, 4.69) is 68.8 Å². The number of methoxy groups -OCH3 is 1. The van der Waals surface area contributed by atoms with Crippen LogP contribution in [0.25, 0.3) is 11.0 Å². The first kappa shape index (κ1) is 17.6. The van der Waals surface area contributed by atoms with Crippen LogP contribution >= 0.6 is 15.9 Å². The third-order valence-electron chi connectivity index (χ3n) is 5.49. The van der Waals surface area contributed by atoms with Crippen molar-refractivity contribution in [1.29, 1.82) is 0 Å². The van der Waals surface area contributed by atoms with Crippen LogP contribution in [0, 0.1) is 0 Å². The van der Waals surface area contributed by atoms with Crippen LogP contribution in [0.2, 0.25) is 0 Å². The number of likely N-dealkylation sites (tertiary alicyclic amines) is 1. The fourth-order valence-electron chi connectivity index (χ4n) is 3.98. The summed E-state index contributed by atoms with van der Waals surface area (Å²) in [6.45, 7) is 3.08. The molecule has 2 aromatic carbocycles. The first-order chi connectivity index (χ1) is 12.7. The molecular weight excluding hydrogens is 390 g/mol. The van der Waals surface area contributed by atoms with E-state index in [4.69, 9.17) is 9.72 Å². The fourth-order valence-corrected chi connectivity index (χ4v) is 4.42. The van der Waals surface area contributed by atoms with Gasteiger partial charge in [-0.1, -0.05) is 24.3 Å². The molecule has 1 aliphatic rings. The van der Waals surface area contributed by atoms with Gasteiger partial charge in [0.15, 0.2) is 0 Å². The maximum atomic E-state index is 5.55. The molecule has 0 spiro atoms. The second-order valence-electron chi connectivity index (χ2n) is 6.99. The Morgan fingerprint density at radius 3 is 2.62 bits per heavy atom. The average Bonchev–Trinajstić information content (AvgIpc) is 3.00. The maximum Gasteiger partial charge on any atom is 0.123 e. The predicted octanol–water partition coefficient (Wildman–Crippen LogP) is 4.72. The van der Waals surface area contributed by atoms with E-state index < -0.39 is 0 Å². The summed E-state index contributed by atoms with van der Waals surface area (Å²) in [6.07, 6.45) is 2.32. The summed E-state index contributed by atoms with van der Waals surface area (Å²) in [5.41, 5.74) is 3.58. The lowest BCUT2D eigenvalue weighted by Crippen LogP contribution is -2.33. The van der Waals surface area contributed by atoms with Crippen LogP contribution in [-0.4, -0.2) is 34.7 Å². The van der Waals surface area contributed by atoms with E-state index in [-0.39, 0.29) is 0 Å². The van der Waals surface area contributed by atoms with Crippen LogP contribution in [-0.2, 0) is 13.6 Å². The predicted molar refractivity (Wildman–Crippen MR) is 109 cm³/mol. The molecule has 136 valence electrons. The number of benzene rings is 2. The van der Waals surface area contributed by atoms with Gasteiger partial charge in [0, 0.05) is 11.5 Å². The Morgan fingerprint density at radius 2 is 1.88 bits per heavy atom. The SMILES string of the molecule is COc1ccccc1C1CCN(Cc2nc3c(Br)cccc3n2C)CC1. The minimum absolute atomic E-state index is 0.581. The van der Waals surface area contributed by atoms with E-state index >= 15 is 0 Å². The Hall–Kier alpha value is -1.85. The summed E-state index contributed by atoms with van der Waals surface area (Å²) in [6, 6.07) is 14.7. The average molecular weight is 414 g/mol. The van der Waals surface area contributed by atoms with Gasteiger partial charge < -0.3 is 9.30 Å². The molecule has 2 heterocycles. The van der Waals surface area contributed by atoms with Crippen molar-refractivity contribution in [3.63, 3.8) is 0 Å². The quantitative estimate of drug-likeness (QED) is 0.619. The fraction of sp³-hybridized carbons (Fsp3) is 0.381. The van der Waals surface area contributed by atoms with Gasteiger partial charge in [-0.2, -0.15) is 0 Å². The highest BCUT2D eigenvalue weighted by Gasteiger charge is 2.24. The van der Waals surface area contributed by atoms with E-state index in [0.717, 1.165) is 54.0 Å². The number of piperidine rings is 1. The number of aryl methyl sites for hydroxylation is 1. The number of hydrogen-bond acceptors (Lipinski definition) is 3. The third kappa shape index (κ3) is 3.26. The van der Waals surface area contributed by atoms with Crippen molar-refractivity contribution in [2.45, 2.75) is 25.3 Å².